The molecule has 4 nitrogen and oxygen atoms in total. The molecule has 3 heterocycles. The lowest BCUT2D eigenvalue weighted by Crippen LogP contribution is -2.45. The zero-order valence-electron chi connectivity index (χ0n) is 23.8. The highest BCUT2D eigenvalue weighted by Gasteiger charge is 2.36. The summed E-state index contributed by atoms with van der Waals surface area (Å²) in [4.78, 5) is 20.9. The Balaban J connectivity index is 0.000000480. The number of likely N-dealkylation sites (tertiary alicyclic amines) is 2. The van der Waals surface area contributed by atoms with Gasteiger partial charge in [-0.2, -0.15) is 0 Å². The number of fused-ring (bicyclic) bond motifs is 4. The fourth-order valence-electron chi connectivity index (χ4n) is 7.88. The van der Waals surface area contributed by atoms with Gasteiger partial charge in [-0.25, -0.2) is 4.79 Å². The van der Waals surface area contributed by atoms with Crippen molar-refractivity contribution >= 4 is 39.7 Å². The lowest BCUT2D eigenvalue weighted by Gasteiger charge is -2.41. The first-order chi connectivity index (χ1) is 19.8. The Morgan fingerprint density at radius 2 is 1.75 bits per heavy atom. The molecule has 40 heavy (non-hydrogen) atoms. The molecule has 2 saturated heterocycles. The van der Waals surface area contributed by atoms with Crippen LogP contribution in [0.25, 0.3) is 16.3 Å². The molecule has 2 aromatic carbocycles. The zero-order valence-corrected chi connectivity index (χ0v) is 24.6. The van der Waals surface area contributed by atoms with E-state index in [0.717, 1.165) is 57.4 Å². The minimum absolute atomic E-state index is 0.276. The summed E-state index contributed by atoms with van der Waals surface area (Å²) >= 11 is 1.78. The van der Waals surface area contributed by atoms with E-state index in [1.54, 1.807) is 28.5 Å². The monoisotopic (exact) mass is 553 g/mol. The minimum Gasteiger partial charge on any atom is -0.325 e. The second-order valence-electron chi connectivity index (χ2n) is 12.6. The fraction of sp³-hybridized carbons (Fsp3) is 0.543. The topological polar surface area (TPSA) is 35.9 Å². The predicted molar refractivity (Wildman–Crippen MR) is 169 cm³/mol. The number of carbonyl (C=O) groups excluding carboxylic acids is 1. The number of urea groups is 1. The summed E-state index contributed by atoms with van der Waals surface area (Å²) in [7, 11) is 0. The number of thioether (sulfide) groups is 1. The lowest BCUT2D eigenvalue weighted by atomic mass is 9.64. The maximum Gasteiger partial charge on any atom is 0.319 e. The van der Waals surface area contributed by atoms with E-state index in [1.807, 2.05) is 5.55 Å². The van der Waals surface area contributed by atoms with Crippen molar-refractivity contribution in [2.45, 2.75) is 70.1 Å². The highest BCUT2D eigenvalue weighted by molar-refractivity contribution is 8.12. The van der Waals surface area contributed by atoms with Crippen LogP contribution in [-0.4, -0.2) is 59.9 Å². The molecule has 1 unspecified atom stereocenters. The van der Waals surface area contributed by atoms with Crippen LogP contribution in [0.5, 0.6) is 0 Å². The molecular weight excluding hydrogens is 510 g/mol. The molecule has 0 bridgehead atoms. The van der Waals surface area contributed by atoms with Gasteiger partial charge in [0.25, 0.3) is 0 Å². The number of piperidine rings is 1. The molecule has 1 saturated carbocycles. The van der Waals surface area contributed by atoms with Crippen LogP contribution in [0.1, 0.15) is 80.4 Å². The Bertz CT molecular complexity index is 1340. The van der Waals surface area contributed by atoms with E-state index in [9.17, 15) is 4.79 Å². The fourth-order valence-corrected chi connectivity index (χ4v) is 8.41. The van der Waals surface area contributed by atoms with Gasteiger partial charge >= 0.3 is 6.03 Å². The Morgan fingerprint density at radius 3 is 2.45 bits per heavy atom. The van der Waals surface area contributed by atoms with Crippen molar-refractivity contribution in [3.8, 4) is 0 Å². The van der Waals surface area contributed by atoms with Crippen molar-refractivity contribution in [1.29, 1.82) is 0 Å². The normalized spacial score (nSPS) is 24.6. The van der Waals surface area contributed by atoms with E-state index in [-0.39, 0.29) is 6.03 Å². The van der Waals surface area contributed by atoms with Gasteiger partial charge in [0, 0.05) is 38.5 Å². The van der Waals surface area contributed by atoms with Crippen molar-refractivity contribution in [3.63, 3.8) is 0 Å². The predicted octanol–water partition coefficient (Wildman–Crippen LogP) is 8.07. The number of rotatable bonds is 2. The molecule has 6 aliphatic rings. The number of nitrogens with zero attached hydrogens (tertiary/aromatic N) is 3. The summed E-state index contributed by atoms with van der Waals surface area (Å²) in [6.07, 6.45) is 17.3. The lowest BCUT2D eigenvalue weighted by molar-refractivity contribution is 0.148. The number of carbonyl (C=O) groups is 1. The van der Waals surface area contributed by atoms with Crippen LogP contribution in [0, 0.1) is 11.8 Å². The molecule has 0 N–H and O–H groups in total. The summed E-state index contributed by atoms with van der Waals surface area (Å²) in [5.41, 5.74) is 9.78. The third-order valence-electron chi connectivity index (χ3n) is 10.3. The molecule has 5 heteroatoms. The van der Waals surface area contributed by atoms with Crippen molar-refractivity contribution < 1.29 is 4.79 Å². The Morgan fingerprint density at radius 1 is 0.925 bits per heavy atom. The van der Waals surface area contributed by atoms with Crippen LogP contribution >= 0.6 is 11.8 Å². The van der Waals surface area contributed by atoms with Crippen LogP contribution in [0.15, 0.2) is 53.0 Å². The number of amides is 2. The van der Waals surface area contributed by atoms with Crippen molar-refractivity contribution in [3.05, 3.63) is 64.7 Å². The van der Waals surface area contributed by atoms with Gasteiger partial charge < -0.3 is 9.80 Å². The summed E-state index contributed by atoms with van der Waals surface area (Å²) in [5, 5.41) is 2.88. The third-order valence-corrected chi connectivity index (χ3v) is 11.1. The smallest absolute Gasteiger partial charge is 0.319 e. The Labute approximate surface area is 244 Å². The molecule has 0 radical (unpaired) electrons. The van der Waals surface area contributed by atoms with Gasteiger partial charge in [-0.15, -0.1) is 11.8 Å². The largest absolute Gasteiger partial charge is 0.325 e. The van der Waals surface area contributed by atoms with E-state index < -0.39 is 0 Å². The second kappa shape index (κ2) is 11.8. The van der Waals surface area contributed by atoms with Gasteiger partial charge in [0.05, 0.1) is 5.55 Å². The highest BCUT2D eigenvalue weighted by Crippen LogP contribution is 2.49. The van der Waals surface area contributed by atoms with Gasteiger partial charge in [-0.05, 0) is 109 Å². The molecule has 8 rings (SSSR count). The first-order valence-electron chi connectivity index (χ1n) is 15.9. The standard InChI is InChI=1S/C32H38N2O.C3H5NS/c35-32(33-16-3-4-17-33)34-18-14-22(15-19-34)24-10-12-26-25(20-24)11-13-29-27-8-1-2-9-28(27)30(21-31(26)29)23-6-5-7-23;1-2-5-3-4-1/h1,8,10-13,20,22-23,30H,2-7,9,14-19,21H2;3H,1-2H2. The van der Waals surface area contributed by atoms with Gasteiger partial charge in [0.2, 0.25) is 0 Å². The van der Waals surface area contributed by atoms with Crippen molar-refractivity contribution in [1.82, 2.24) is 9.80 Å². The highest BCUT2D eigenvalue weighted by atomic mass is 32.2. The zero-order chi connectivity index (χ0) is 26.9. The second-order valence-corrected chi connectivity index (χ2v) is 13.5. The van der Waals surface area contributed by atoms with E-state index in [4.69, 9.17) is 0 Å². The summed E-state index contributed by atoms with van der Waals surface area (Å²) in [5.74, 6) is 3.43. The minimum atomic E-state index is 0.276. The average molecular weight is 554 g/mol. The molecule has 0 aromatic heterocycles. The third kappa shape index (κ3) is 5.15. The average Bonchev–Trinajstić information content (AvgIpc) is 3.74. The van der Waals surface area contributed by atoms with Crippen LogP contribution in [-0.2, 0) is 6.42 Å². The molecule has 2 aromatic rings. The maximum absolute atomic E-state index is 12.8. The summed E-state index contributed by atoms with van der Waals surface area (Å²) < 4.78 is 0. The summed E-state index contributed by atoms with van der Waals surface area (Å²) in [6.45, 7) is 4.72. The van der Waals surface area contributed by atoms with Gasteiger partial charge in [0.1, 0.15) is 0 Å². The molecule has 3 aliphatic heterocycles. The molecule has 3 aliphatic carbocycles. The van der Waals surface area contributed by atoms with Crippen LogP contribution in [0.4, 0.5) is 4.79 Å². The Hall–Kier alpha value is -2.53. The van der Waals surface area contributed by atoms with Crippen LogP contribution in [0.3, 0.4) is 0 Å². The van der Waals surface area contributed by atoms with Crippen LogP contribution in [0.2, 0.25) is 0 Å². The SMILES string of the molecule is C1=NCCS1.O=C(N1CCCC1)N1CCC(c2ccc3c4c(ccc3c2)C2=C(CCC=C2)C(C2CCC2)C4)CC1. The number of aliphatic imine (C=N–C) groups is 1. The molecular formula is C35H43N3OS. The quantitative estimate of drug-likeness (QED) is 0.377. The first kappa shape index (κ1) is 26.4. The molecule has 210 valence electrons. The Kier molecular flexibility index (Phi) is 7.75. The van der Waals surface area contributed by atoms with E-state index >= 15 is 0 Å². The van der Waals surface area contributed by atoms with Crippen molar-refractivity contribution in [2.24, 2.45) is 16.8 Å². The maximum atomic E-state index is 12.8. The molecule has 1 atom stereocenters. The molecule has 3 fully saturated rings. The van der Waals surface area contributed by atoms with Crippen molar-refractivity contribution in [2.75, 3.05) is 38.5 Å². The van der Waals surface area contributed by atoms with E-state index in [1.165, 1.54) is 79.0 Å². The number of allylic oxidation sites excluding steroid dienone is 4. The van der Waals surface area contributed by atoms with E-state index in [2.05, 4.69) is 57.3 Å². The number of benzene rings is 2. The first-order valence-corrected chi connectivity index (χ1v) is 16.9. The van der Waals surface area contributed by atoms with Gasteiger partial charge in [0.15, 0.2) is 0 Å². The van der Waals surface area contributed by atoms with Gasteiger partial charge in [-0.3, -0.25) is 4.99 Å². The molecule has 0 spiro atoms. The van der Waals surface area contributed by atoms with E-state index in [0.29, 0.717) is 5.92 Å². The number of hydrogen-bond acceptors (Lipinski definition) is 3. The summed E-state index contributed by atoms with van der Waals surface area (Å²) in [6, 6.07) is 12.4. The molecule has 2 amide bonds. The van der Waals surface area contributed by atoms with Crippen LogP contribution < -0.4 is 0 Å². The number of hydrogen-bond donors (Lipinski definition) is 0. The van der Waals surface area contributed by atoms with Gasteiger partial charge in [-0.1, -0.05) is 54.5 Å².